The maximum Gasteiger partial charge on any atom is 0.305 e. The van der Waals surface area contributed by atoms with Crippen LogP contribution in [0.15, 0.2) is 41.2 Å². The second kappa shape index (κ2) is 12.7. The van der Waals surface area contributed by atoms with Crippen molar-refractivity contribution in [2.75, 3.05) is 32.8 Å². The second-order valence-electron chi connectivity index (χ2n) is 7.83. The summed E-state index contributed by atoms with van der Waals surface area (Å²) in [7, 11) is 0. The van der Waals surface area contributed by atoms with Crippen molar-refractivity contribution in [3.8, 4) is 5.75 Å². The highest BCUT2D eigenvalue weighted by molar-refractivity contribution is 7.16. The average Bonchev–Trinajstić information content (AvgIpc) is 3.19. The van der Waals surface area contributed by atoms with E-state index in [0.717, 1.165) is 63.4 Å². The van der Waals surface area contributed by atoms with Crippen molar-refractivity contribution in [3.05, 3.63) is 62.8 Å². The molecule has 0 spiro atoms. The van der Waals surface area contributed by atoms with Crippen molar-refractivity contribution >= 4 is 21.6 Å². The lowest BCUT2D eigenvalue weighted by atomic mass is 10.1. The van der Waals surface area contributed by atoms with E-state index in [2.05, 4.69) is 46.8 Å². The van der Waals surface area contributed by atoms with Gasteiger partial charge in [0.15, 0.2) is 0 Å². The molecular weight excluding hydrogens is 426 g/mol. The molecule has 0 aliphatic rings. The number of thiazole rings is 1. The van der Waals surface area contributed by atoms with E-state index in [1.54, 1.807) is 6.07 Å². The molecule has 0 saturated heterocycles. The monoisotopic (exact) mass is 459 g/mol. The van der Waals surface area contributed by atoms with E-state index in [1.165, 1.54) is 17.2 Å². The van der Waals surface area contributed by atoms with E-state index >= 15 is 0 Å². The van der Waals surface area contributed by atoms with Gasteiger partial charge in [0, 0.05) is 31.9 Å². The highest BCUT2D eigenvalue weighted by atomic mass is 32.1. The van der Waals surface area contributed by atoms with E-state index in [9.17, 15) is 15.0 Å². The van der Waals surface area contributed by atoms with Crippen LogP contribution in [0.2, 0.25) is 0 Å². The van der Waals surface area contributed by atoms with E-state index in [-0.39, 0.29) is 10.6 Å². The predicted molar refractivity (Wildman–Crippen MR) is 130 cm³/mol. The molecule has 0 aliphatic carbocycles. The van der Waals surface area contributed by atoms with Crippen LogP contribution < -0.4 is 15.5 Å². The molecule has 0 radical (unpaired) electrons. The van der Waals surface area contributed by atoms with Gasteiger partial charge >= 0.3 is 4.87 Å². The molecule has 2 aromatic carbocycles. The van der Waals surface area contributed by atoms with Gasteiger partial charge in [-0.15, -0.1) is 0 Å². The predicted octanol–water partition coefficient (Wildman–Crippen LogP) is 3.07. The van der Waals surface area contributed by atoms with Crippen molar-refractivity contribution in [2.45, 2.75) is 38.8 Å². The number of aliphatic hydroxyl groups is 1. The topological polar surface area (TPSA) is 107 Å². The van der Waals surface area contributed by atoms with Crippen molar-refractivity contribution in [1.82, 2.24) is 15.6 Å². The molecule has 3 aromatic rings. The number of benzene rings is 2. The molecular formula is C24H33N3O4S. The van der Waals surface area contributed by atoms with Gasteiger partial charge in [-0.3, -0.25) is 4.79 Å². The van der Waals surface area contributed by atoms with Gasteiger partial charge in [-0.05, 0) is 49.5 Å². The first-order valence-corrected chi connectivity index (χ1v) is 12.0. The zero-order chi connectivity index (χ0) is 22.8. The molecule has 0 fully saturated rings. The third kappa shape index (κ3) is 7.15. The number of phenolic OH excluding ortho intramolecular Hbond substituents is 1. The minimum atomic E-state index is -0.763. The number of phenols is 1. The van der Waals surface area contributed by atoms with Gasteiger partial charge in [0.25, 0.3) is 0 Å². The molecule has 1 heterocycles. The summed E-state index contributed by atoms with van der Waals surface area (Å²) in [6, 6.07) is 11.7. The zero-order valence-electron chi connectivity index (χ0n) is 18.5. The fourth-order valence-electron chi connectivity index (χ4n) is 3.56. The molecule has 32 heavy (non-hydrogen) atoms. The summed E-state index contributed by atoms with van der Waals surface area (Å²) in [4.78, 5) is 14.0. The number of nitrogens with one attached hydrogen (secondary N) is 3. The number of hydrogen-bond donors (Lipinski definition) is 5. The molecule has 0 amide bonds. The van der Waals surface area contributed by atoms with Gasteiger partial charge in [-0.25, -0.2) is 0 Å². The Labute approximate surface area is 192 Å². The molecule has 5 N–H and O–H groups in total. The maximum absolute atomic E-state index is 11.6. The van der Waals surface area contributed by atoms with Crippen LogP contribution in [-0.2, 0) is 17.7 Å². The van der Waals surface area contributed by atoms with Gasteiger partial charge in [-0.1, -0.05) is 48.6 Å². The summed E-state index contributed by atoms with van der Waals surface area (Å²) >= 11 is 1.000. The van der Waals surface area contributed by atoms with Gasteiger partial charge in [-0.2, -0.15) is 0 Å². The molecule has 0 aliphatic heterocycles. The molecule has 0 unspecified atom stereocenters. The zero-order valence-corrected chi connectivity index (χ0v) is 19.3. The summed E-state index contributed by atoms with van der Waals surface area (Å²) in [5, 5.41) is 27.2. The van der Waals surface area contributed by atoms with E-state index in [0.29, 0.717) is 22.3 Å². The number of rotatable bonds is 14. The SMILES string of the molecule is CCCOCCCNCc1cccc(CCNC[C@H](O)c2ccc(O)c3[nH]c(=O)sc23)c1. The number of fused-ring (bicyclic) bond motifs is 1. The van der Waals surface area contributed by atoms with Crippen LogP contribution in [0.1, 0.15) is 42.6 Å². The summed E-state index contributed by atoms with van der Waals surface area (Å²) in [6.07, 6.45) is 2.17. The van der Waals surface area contributed by atoms with Crippen LogP contribution >= 0.6 is 11.3 Å². The normalized spacial score (nSPS) is 12.4. The number of hydrogen-bond acceptors (Lipinski definition) is 7. The summed E-state index contributed by atoms with van der Waals surface area (Å²) in [5.41, 5.74) is 3.52. The first-order chi connectivity index (χ1) is 15.6. The van der Waals surface area contributed by atoms with E-state index in [4.69, 9.17) is 4.74 Å². The third-order valence-corrected chi connectivity index (χ3v) is 6.12. The molecule has 8 heteroatoms. The van der Waals surface area contributed by atoms with Crippen molar-refractivity contribution in [3.63, 3.8) is 0 Å². The number of aromatic hydroxyl groups is 1. The molecule has 0 bridgehead atoms. The molecule has 174 valence electrons. The van der Waals surface area contributed by atoms with Gasteiger partial charge in [0.2, 0.25) is 0 Å². The fraction of sp³-hybridized carbons (Fsp3) is 0.458. The standard InChI is InChI=1S/C24H33N3O4S/c1-2-12-31-13-4-10-25-15-18-6-3-5-17(14-18)9-11-26-16-21(29)19-7-8-20(28)22-23(19)32-24(30)27-22/h3,5-8,14,21,25-26,28-29H,2,4,9-13,15-16H2,1H3,(H,27,30)/t21-/m0/s1. The van der Waals surface area contributed by atoms with Crippen molar-refractivity contribution in [1.29, 1.82) is 0 Å². The van der Waals surface area contributed by atoms with E-state index < -0.39 is 6.10 Å². The number of aliphatic hydroxyl groups excluding tert-OH is 1. The Balaban J connectivity index is 1.41. The van der Waals surface area contributed by atoms with Crippen LogP contribution in [0, 0.1) is 0 Å². The lowest BCUT2D eigenvalue weighted by Gasteiger charge is -2.14. The largest absolute Gasteiger partial charge is 0.506 e. The number of aromatic nitrogens is 1. The van der Waals surface area contributed by atoms with Crippen LogP contribution in [0.5, 0.6) is 5.75 Å². The number of aromatic amines is 1. The van der Waals surface area contributed by atoms with Gasteiger partial charge < -0.3 is 30.6 Å². The summed E-state index contributed by atoms with van der Waals surface area (Å²) < 4.78 is 6.09. The average molecular weight is 460 g/mol. The lowest BCUT2D eigenvalue weighted by Crippen LogP contribution is -2.24. The number of ether oxygens (including phenoxy) is 1. The second-order valence-corrected chi connectivity index (χ2v) is 8.81. The Morgan fingerprint density at radius 2 is 1.97 bits per heavy atom. The lowest BCUT2D eigenvalue weighted by molar-refractivity contribution is 0.132. The Morgan fingerprint density at radius 3 is 2.81 bits per heavy atom. The highest BCUT2D eigenvalue weighted by Crippen LogP contribution is 2.31. The van der Waals surface area contributed by atoms with Gasteiger partial charge in [0.05, 0.1) is 10.8 Å². The molecule has 0 saturated carbocycles. The third-order valence-electron chi connectivity index (χ3n) is 5.19. The van der Waals surface area contributed by atoms with Crippen LogP contribution in [0.4, 0.5) is 0 Å². The quantitative estimate of drug-likeness (QED) is 0.237. The first-order valence-electron chi connectivity index (χ1n) is 11.2. The Hall–Kier alpha value is -2.23. The Morgan fingerprint density at radius 1 is 1.12 bits per heavy atom. The smallest absolute Gasteiger partial charge is 0.305 e. The molecule has 1 atom stereocenters. The fourth-order valence-corrected chi connectivity index (χ4v) is 4.47. The van der Waals surface area contributed by atoms with Crippen LogP contribution in [0.25, 0.3) is 10.2 Å². The maximum atomic E-state index is 11.6. The summed E-state index contributed by atoms with van der Waals surface area (Å²) in [5.74, 6) is 0.0152. The molecule has 3 rings (SSSR count). The Kier molecular flexibility index (Phi) is 9.70. The minimum absolute atomic E-state index is 0.0152. The van der Waals surface area contributed by atoms with Crippen molar-refractivity contribution in [2.24, 2.45) is 0 Å². The number of H-pyrrole nitrogens is 1. The highest BCUT2D eigenvalue weighted by Gasteiger charge is 2.15. The van der Waals surface area contributed by atoms with Crippen LogP contribution in [-0.4, -0.2) is 48.0 Å². The first kappa shape index (κ1) is 24.4. The van der Waals surface area contributed by atoms with Crippen LogP contribution in [0.3, 0.4) is 0 Å². The molecule has 7 nitrogen and oxygen atoms in total. The molecule has 1 aromatic heterocycles. The minimum Gasteiger partial charge on any atom is -0.506 e. The van der Waals surface area contributed by atoms with Crippen molar-refractivity contribution < 1.29 is 14.9 Å². The van der Waals surface area contributed by atoms with Gasteiger partial charge in [0.1, 0.15) is 11.3 Å². The summed E-state index contributed by atoms with van der Waals surface area (Å²) in [6.45, 7) is 6.62. The van der Waals surface area contributed by atoms with E-state index in [1.807, 2.05) is 0 Å². The Bertz CT molecular complexity index is 1030.